The summed E-state index contributed by atoms with van der Waals surface area (Å²) in [6.07, 6.45) is 0. The van der Waals surface area contributed by atoms with Crippen molar-refractivity contribution in [1.82, 2.24) is 0 Å². The Hall–Kier alpha value is -0.570. The standard InChI is InChI=1S/C12H18ClNO/c1-4-15-12(2,3)11(14)9-6-5-7-10(13)8-9/h5-8,11H,4,14H2,1-3H3. The van der Waals surface area contributed by atoms with Crippen LogP contribution >= 0.6 is 11.6 Å². The second-order valence-corrected chi connectivity index (χ2v) is 4.51. The van der Waals surface area contributed by atoms with Crippen LogP contribution < -0.4 is 5.73 Å². The highest BCUT2D eigenvalue weighted by Crippen LogP contribution is 2.27. The molecule has 3 heteroatoms. The Labute approximate surface area is 96.4 Å². The third-order valence-corrected chi connectivity index (χ3v) is 2.71. The summed E-state index contributed by atoms with van der Waals surface area (Å²) < 4.78 is 5.62. The Balaban J connectivity index is 2.88. The zero-order valence-corrected chi connectivity index (χ0v) is 10.2. The summed E-state index contributed by atoms with van der Waals surface area (Å²) in [4.78, 5) is 0. The van der Waals surface area contributed by atoms with Crippen LogP contribution in [0, 0.1) is 0 Å². The topological polar surface area (TPSA) is 35.2 Å². The van der Waals surface area contributed by atoms with E-state index in [2.05, 4.69) is 0 Å². The van der Waals surface area contributed by atoms with Crippen molar-refractivity contribution in [3.05, 3.63) is 34.9 Å². The lowest BCUT2D eigenvalue weighted by atomic mass is 9.92. The van der Waals surface area contributed by atoms with Gasteiger partial charge in [-0.15, -0.1) is 0 Å². The third kappa shape index (κ3) is 3.20. The Kier molecular flexibility index (Phi) is 4.14. The molecule has 0 bridgehead atoms. The van der Waals surface area contributed by atoms with Crippen LogP contribution in [0.4, 0.5) is 0 Å². The van der Waals surface area contributed by atoms with Crippen molar-refractivity contribution in [3.63, 3.8) is 0 Å². The summed E-state index contributed by atoms with van der Waals surface area (Å²) in [5.41, 5.74) is 6.77. The number of nitrogens with two attached hydrogens (primary N) is 1. The molecule has 0 saturated heterocycles. The van der Waals surface area contributed by atoms with Gasteiger partial charge < -0.3 is 10.5 Å². The molecule has 1 aromatic rings. The molecule has 1 rings (SSSR count). The van der Waals surface area contributed by atoms with Gasteiger partial charge in [-0.05, 0) is 38.5 Å². The first-order valence-corrected chi connectivity index (χ1v) is 5.50. The van der Waals surface area contributed by atoms with Crippen molar-refractivity contribution >= 4 is 11.6 Å². The quantitative estimate of drug-likeness (QED) is 0.858. The molecular formula is C12H18ClNO. The highest BCUT2D eigenvalue weighted by Gasteiger charge is 2.28. The molecular weight excluding hydrogens is 210 g/mol. The lowest BCUT2D eigenvalue weighted by molar-refractivity contribution is -0.0297. The smallest absolute Gasteiger partial charge is 0.0818 e. The van der Waals surface area contributed by atoms with Gasteiger partial charge in [0, 0.05) is 11.6 Å². The van der Waals surface area contributed by atoms with E-state index >= 15 is 0 Å². The molecule has 1 unspecified atom stereocenters. The van der Waals surface area contributed by atoms with Gasteiger partial charge >= 0.3 is 0 Å². The molecule has 2 N–H and O–H groups in total. The van der Waals surface area contributed by atoms with Crippen LogP contribution in [0.5, 0.6) is 0 Å². The van der Waals surface area contributed by atoms with Gasteiger partial charge in [-0.2, -0.15) is 0 Å². The number of halogens is 1. The van der Waals surface area contributed by atoms with E-state index in [1.807, 2.05) is 45.0 Å². The molecule has 0 saturated carbocycles. The van der Waals surface area contributed by atoms with Gasteiger partial charge in [-0.3, -0.25) is 0 Å². The maximum absolute atomic E-state index is 6.14. The van der Waals surface area contributed by atoms with Crippen LogP contribution in [0.3, 0.4) is 0 Å². The summed E-state index contributed by atoms with van der Waals surface area (Å²) in [7, 11) is 0. The van der Waals surface area contributed by atoms with Gasteiger partial charge in [0.25, 0.3) is 0 Å². The average Bonchev–Trinajstić information content (AvgIpc) is 2.16. The van der Waals surface area contributed by atoms with Crippen LogP contribution in [-0.4, -0.2) is 12.2 Å². The monoisotopic (exact) mass is 227 g/mol. The molecule has 1 aromatic carbocycles. The van der Waals surface area contributed by atoms with Crippen molar-refractivity contribution < 1.29 is 4.74 Å². The fourth-order valence-corrected chi connectivity index (χ4v) is 1.76. The zero-order valence-electron chi connectivity index (χ0n) is 9.46. The summed E-state index contributed by atoms with van der Waals surface area (Å²) in [6.45, 7) is 6.60. The van der Waals surface area contributed by atoms with Crippen LogP contribution in [0.1, 0.15) is 32.4 Å². The van der Waals surface area contributed by atoms with E-state index < -0.39 is 0 Å². The highest BCUT2D eigenvalue weighted by molar-refractivity contribution is 6.30. The molecule has 0 aromatic heterocycles. The Morgan fingerprint density at radius 3 is 2.67 bits per heavy atom. The SMILES string of the molecule is CCOC(C)(C)C(N)c1cccc(Cl)c1. The first kappa shape index (κ1) is 12.5. The lowest BCUT2D eigenvalue weighted by Crippen LogP contribution is -2.38. The minimum absolute atomic E-state index is 0.170. The fraction of sp³-hybridized carbons (Fsp3) is 0.500. The van der Waals surface area contributed by atoms with E-state index in [1.165, 1.54) is 0 Å². The van der Waals surface area contributed by atoms with Crippen molar-refractivity contribution in [2.24, 2.45) is 5.73 Å². The predicted molar refractivity (Wildman–Crippen MR) is 64.1 cm³/mol. The molecule has 0 fully saturated rings. The molecule has 0 radical (unpaired) electrons. The normalized spacial score (nSPS) is 13.9. The second-order valence-electron chi connectivity index (χ2n) is 4.07. The van der Waals surface area contributed by atoms with E-state index in [0.29, 0.717) is 11.6 Å². The third-order valence-electron chi connectivity index (χ3n) is 2.47. The van der Waals surface area contributed by atoms with Crippen LogP contribution in [0.25, 0.3) is 0 Å². The molecule has 0 aliphatic rings. The highest BCUT2D eigenvalue weighted by atomic mass is 35.5. The van der Waals surface area contributed by atoms with Crippen molar-refractivity contribution in [2.75, 3.05) is 6.61 Å². The van der Waals surface area contributed by atoms with Crippen LogP contribution in [0.15, 0.2) is 24.3 Å². The number of rotatable bonds is 4. The number of hydrogen-bond acceptors (Lipinski definition) is 2. The van der Waals surface area contributed by atoms with Gasteiger partial charge in [0.05, 0.1) is 11.6 Å². The summed E-state index contributed by atoms with van der Waals surface area (Å²) >= 11 is 5.92. The van der Waals surface area contributed by atoms with E-state index in [0.717, 1.165) is 5.56 Å². The first-order chi connectivity index (χ1) is 6.97. The maximum atomic E-state index is 6.14. The van der Waals surface area contributed by atoms with E-state index in [-0.39, 0.29) is 11.6 Å². The van der Waals surface area contributed by atoms with Crippen molar-refractivity contribution in [1.29, 1.82) is 0 Å². The second kappa shape index (κ2) is 4.97. The van der Waals surface area contributed by atoms with Gasteiger partial charge in [0.2, 0.25) is 0 Å². The van der Waals surface area contributed by atoms with Crippen LogP contribution in [0.2, 0.25) is 5.02 Å². The molecule has 15 heavy (non-hydrogen) atoms. The van der Waals surface area contributed by atoms with E-state index in [9.17, 15) is 0 Å². The Morgan fingerprint density at radius 2 is 2.13 bits per heavy atom. The molecule has 0 aliphatic carbocycles. The maximum Gasteiger partial charge on any atom is 0.0818 e. The lowest BCUT2D eigenvalue weighted by Gasteiger charge is -2.31. The zero-order chi connectivity index (χ0) is 11.5. The minimum Gasteiger partial charge on any atom is -0.374 e. The van der Waals surface area contributed by atoms with Gasteiger partial charge in [-0.1, -0.05) is 23.7 Å². The molecule has 2 nitrogen and oxygen atoms in total. The Bertz CT molecular complexity index is 325. The van der Waals surface area contributed by atoms with Gasteiger partial charge in [0.1, 0.15) is 0 Å². The van der Waals surface area contributed by atoms with E-state index in [4.69, 9.17) is 22.1 Å². The van der Waals surface area contributed by atoms with Crippen LogP contribution in [-0.2, 0) is 4.74 Å². The minimum atomic E-state index is -0.376. The Morgan fingerprint density at radius 1 is 1.47 bits per heavy atom. The fourth-order valence-electron chi connectivity index (χ4n) is 1.56. The number of hydrogen-bond donors (Lipinski definition) is 1. The molecule has 0 heterocycles. The first-order valence-electron chi connectivity index (χ1n) is 5.12. The number of ether oxygens (including phenoxy) is 1. The van der Waals surface area contributed by atoms with Gasteiger partial charge in [-0.25, -0.2) is 0 Å². The largest absolute Gasteiger partial charge is 0.374 e. The molecule has 84 valence electrons. The summed E-state index contributed by atoms with van der Waals surface area (Å²) in [6, 6.07) is 7.42. The molecule has 0 aliphatic heterocycles. The summed E-state index contributed by atoms with van der Waals surface area (Å²) in [5.74, 6) is 0. The van der Waals surface area contributed by atoms with E-state index in [1.54, 1.807) is 0 Å². The van der Waals surface area contributed by atoms with Crippen molar-refractivity contribution in [3.8, 4) is 0 Å². The number of benzene rings is 1. The van der Waals surface area contributed by atoms with Crippen molar-refractivity contribution in [2.45, 2.75) is 32.4 Å². The van der Waals surface area contributed by atoms with Gasteiger partial charge in [0.15, 0.2) is 0 Å². The molecule has 0 spiro atoms. The predicted octanol–water partition coefficient (Wildman–Crippen LogP) is 3.15. The average molecular weight is 228 g/mol. The molecule has 1 atom stereocenters. The molecule has 0 amide bonds. The summed E-state index contributed by atoms with van der Waals surface area (Å²) in [5, 5.41) is 0.704.